The number of hydrogen-bond acceptors (Lipinski definition) is 15. The van der Waals surface area contributed by atoms with Gasteiger partial charge in [0.05, 0.1) is 33.0 Å². The van der Waals surface area contributed by atoms with Crippen molar-refractivity contribution in [2.24, 2.45) is 0 Å². The van der Waals surface area contributed by atoms with Gasteiger partial charge in [-0.1, -0.05) is 207 Å². The Morgan fingerprint density at radius 3 is 0.986 bits per heavy atom. The molecule has 422 valence electrons. The van der Waals surface area contributed by atoms with Crippen molar-refractivity contribution >= 4 is 33.6 Å². The number of hydrogen-bond donors (Lipinski definition) is 4. The van der Waals surface area contributed by atoms with Crippen LogP contribution in [0.3, 0.4) is 0 Å². The Hall–Kier alpha value is -1.49. The second-order valence-corrected chi connectivity index (χ2v) is 21.9. The first-order valence-electron chi connectivity index (χ1n) is 27.9. The van der Waals surface area contributed by atoms with E-state index in [0.29, 0.717) is 19.3 Å². The molecule has 0 heterocycles. The monoisotopic (exact) mass is 1060 g/mol. The molecule has 0 spiro atoms. The number of esters is 3. The van der Waals surface area contributed by atoms with Gasteiger partial charge in [0.25, 0.3) is 0 Å². The van der Waals surface area contributed by atoms with E-state index in [1.807, 2.05) is 0 Å². The summed E-state index contributed by atoms with van der Waals surface area (Å²) in [7, 11) is -9.79. The number of rotatable bonds is 54. The number of phosphoric ester groups is 2. The standard InChI is InChI=1S/C52H102O17P2/c1-5-9-12-15-18-20-21-22-23-24-25-27-30-33-36-39-51(56)68-47(42-62-49(54)8-4)44-66-70(58,59)64-40-46(53)41-65-71(60,61)67-45-48(69-52(57)38-35-32-28-17-14-11-7-3)43-63-50(55)37-34-31-29-26-19-16-13-10-6-2/h46-49,53-54H,5-45H2,1-4H3,(H,58,59)(H,60,61)/t46-,47+,48+,49?/m0/s1. The molecule has 17 nitrogen and oxygen atoms in total. The predicted molar refractivity (Wildman–Crippen MR) is 276 cm³/mol. The van der Waals surface area contributed by atoms with E-state index in [-0.39, 0.29) is 32.3 Å². The summed E-state index contributed by atoms with van der Waals surface area (Å²) >= 11 is 0. The van der Waals surface area contributed by atoms with Crippen LogP contribution in [0.4, 0.5) is 0 Å². The summed E-state index contributed by atoms with van der Waals surface area (Å²) in [6.07, 6.45) is 29.8. The maximum atomic E-state index is 12.8. The first kappa shape index (κ1) is 69.5. The Balaban J connectivity index is 4.87. The third kappa shape index (κ3) is 47.9. The molecule has 0 saturated heterocycles. The fourth-order valence-electron chi connectivity index (χ4n) is 7.60. The molecule has 71 heavy (non-hydrogen) atoms. The van der Waals surface area contributed by atoms with Crippen LogP contribution in [-0.4, -0.2) is 102 Å². The van der Waals surface area contributed by atoms with Crippen LogP contribution < -0.4 is 0 Å². The minimum atomic E-state index is -4.91. The first-order chi connectivity index (χ1) is 34.2. The summed E-state index contributed by atoms with van der Waals surface area (Å²) in [5.74, 6) is -1.63. The molecule has 0 amide bonds. The Morgan fingerprint density at radius 1 is 0.380 bits per heavy atom. The molecule has 0 saturated carbocycles. The molecular formula is C52H102O17P2. The zero-order chi connectivity index (χ0) is 52.7. The van der Waals surface area contributed by atoms with Gasteiger partial charge in [-0.15, -0.1) is 0 Å². The molecule has 0 aliphatic carbocycles. The molecule has 19 heteroatoms. The maximum Gasteiger partial charge on any atom is 0.472 e. The third-order valence-electron chi connectivity index (χ3n) is 12.0. The Bertz CT molecular complexity index is 1360. The molecule has 0 aliphatic rings. The van der Waals surface area contributed by atoms with Gasteiger partial charge in [-0.2, -0.15) is 0 Å². The zero-order valence-corrected chi connectivity index (χ0v) is 46.6. The van der Waals surface area contributed by atoms with Gasteiger partial charge in [0, 0.05) is 19.3 Å². The average Bonchev–Trinajstić information content (AvgIpc) is 3.34. The SMILES string of the molecule is CCCCCCCCCCCCCCCCCC(=O)O[C@H](COC(O)CC)COP(=O)(O)OC[C@H](O)COP(=O)(O)OC[C@@H](COC(=O)CCCCCCCCCCC)OC(=O)CCCCCCCCC. The van der Waals surface area contributed by atoms with Crippen molar-refractivity contribution < 1.29 is 80.6 Å². The summed E-state index contributed by atoms with van der Waals surface area (Å²) in [4.78, 5) is 58.5. The summed E-state index contributed by atoms with van der Waals surface area (Å²) in [5.41, 5.74) is 0. The summed E-state index contributed by atoms with van der Waals surface area (Å²) in [6, 6.07) is 0. The summed E-state index contributed by atoms with van der Waals surface area (Å²) < 4.78 is 66.8. The molecule has 0 aromatic rings. The summed E-state index contributed by atoms with van der Waals surface area (Å²) in [5, 5.41) is 20.3. The van der Waals surface area contributed by atoms with Crippen molar-refractivity contribution in [3.05, 3.63) is 0 Å². The highest BCUT2D eigenvalue weighted by atomic mass is 31.2. The van der Waals surface area contributed by atoms with E-state index in [0.717, 1.165) is 77.0 Å². The Morgan fingerprint density at radius 2 is 0.662 bits per heavy atom. The lowest BCUT2D eigenvalue weighted by atomic mass is 10.0. The molecule has 0 aliphatic heterocycles. The molecule has 0 radical (unpaired) electrons. The fourth-order valence-corrected chi connectivity index (χ4v) is 9.18. The minimum absolute atomic E-state index is 0.107. The smallest absolute Gasteiger partial charge is 0.462 e. The van der Waals surface area contributed by atoms with E-state index in [9.17, 15) is 43.5 Å². The van der Waals surface area contributed by atoms with Crippen LogP contribution in [-0.2, 0) is 60.6 Å². The number of carbonyl (C=O) groups excluding carboxylic acids is 3. The molecule has 3 unspecified atom stereocenters. The number of phosphoric acid groups is 2. The highest BCUT2D eigenvalue weighted by Gasteiger charge is 2.30. The van der Waals surface area contributed by atoms with E-state index in [2.05, 4.69) is 20.8 Å². The van der Waals surface area contributed by atoms with Crippen LogP contribution in [0.25, 0.3) is 0 Å². The molecule has 6 atom stereocenters. The second-order valence-electron chi connectivity index (χ2n) is 19.0. The van der Waals surface area contributed by atoms with Crippen molar-refractivity contribution in [3.8, 4) is 0 Å². The molecule has 0 fully saturated rings. The number of aliphatic hydroxyl groups is 2. The van der Waals surface area contributed by atoms with Gasteiger partial charge in [0.1, 0.15) is 18.8 Å². The van der Waals surface area contributed by atoms with Crippen LogP contribution in [0.5, 0.6) is 0 Å². The largest absolute Gasteiger partial charge is 0.472 e. The molecule has 0 aromatic carbocycles. The van der Waals surface area contributed by atoms with Gasteiger partial charge < -0.3 is 38.9 Å². The van der Waals surface area contributed by atoms with Crippen molar-refractivity contribution in [2.75, 3.05) is 39.6 Å². The van der Waals surface area contributed by atoms with Crippen molar-refractivity contribution in [1.29, 1.82) is 0 Å². The Kier molecular flexibility index (Phi) is 47.2. The highest BCUT2D eigenvalue weighted by Crippen LogP contribution is 2.45. The molecule has 4 N–H and O–H groups in total. The van der Waals surface area contributed by atoms with E-state index in [1.165, 1.54) is 103 Å². The van der Waals surface area contributed by atoms with Crippen molar-refractivity contribution in [2.45, 2.75) is 277 Å². The van der Waals surface area contributed by atoms with Crippen LogP contribution in [0.15, 0.2) is 0 Å². The number of unbranched alkanes of at least 4 members (excludes halogenated alkanes) is 28. The molecule has 0 bridgehead atoms. The van der Waals surface area contributed by atoms with Crippen LogP contribution in [0, 0.1) is 0 Å². The number of carbonyl (C=O) groups is 3. The van der Waals surface area contributed by atoms with Crippen LogP contribution in [0.1, 0.15) is 252 Å². The lowest BCUT2D eigenvalue weighted by Gasteiger charge is -2.22. The van der Waals surface area contributed by atoms with Gasteiger partial charge >= 0.3 is 33.6 Å². The predicted octanol–water partition coefficient (Wildman–Crippen LogP) is 13.0. The van der Waals surface area contributed by atoms with E-state index in [4.69, 9.17) is 37.0 Å². The second kappa shape index (κ2) is 48.2. The third-order valence-corrected chi connectivity index (χ3v) is 13.9. The zero-order valence-electron chi connectivity index (χ0n) is 44.8. The van der Waals surface area contributed by atoms with Crippen molar-refractivity contribution in [1.82, 2.24) is 0 Å². The fraction of sp³-hybridized carbons (Fsp3) is 0.942. The van der Waals surface area contributed by atoms with E-state index in [1.54, 1.807) is 6.92 Å². The quantitative estimate of drug-likeness (QED) is 0.0146. The van der Waals surface area contributed by atoms with Gasteiger partial charge in [-0.25, -0.2) is 9.13 Å². The lowest BCUT2D eigenvalue weighted by Crippen LogP contribution is -2.30. The van der Waals surface area contributed by atoms with Gasteiger partial charge in [0.15, 0.2) is 12.4 Å². The van der Waals surface area contributed by atoms with E-state index < -0.39 is 91.2 Å². The molecule has 0 aromatic heterocycles. The number of ether oxygens (including phenoxy) is 4. The van der Waals surface area contributed by atoms with Crippen LogP contribution in [0.2, 0.25) is 0 Å². The molecular weight excluding hydrogens is 959 g/mol. The van der Waals surface area contributed by atoms with Gasteiger partial charge in [-0.05, 0) is 25.7 Å². The van der Waals surface area contributed by atoms with Gasteiger partial charge in [0.2, 0.25) is 0 Å². The summed E-state index contributed by atoms with van der Waals surface area (Å²) in [6.45, 7) is 4.43. The lowest BCUT2D eigenvalue weighted by molar-refractivity contribution is -0.166. The Labute approximate surface area is 429 Å². The van der Waals surface area contributed by atoms with E-state index >= 15 is 0 Å². The highest BCUT2D eigenvalue weighted by molar-refractivity contribution is 7.47. The van der Waals surface area contributed by atoms with Crippen molar-refractivity contribution in [3.63, 3.8) is 0 Å². The normalized spacial score (nSPS) is 15.1. The molecule has 0 rings (SSSR count). The first-order valence-corrected chi connectivity index (χ1v) is 30.9. The van der Waals surface area contributed by atoms with Gasteiger partial charge in [-0.3, -0.25) is 32.5 Å². The average molecular weight is 1060 g/mol. The minimum Gasteiger partial charge on any atom is -0.462 e. The van der Waals surface area contributed by atoms with Crippen LogP contribution >= 0.6 is 15.6 Å². The number of aliphatic hydroxyl groups excluding tert-OH is 2. The topological polar surface area (TPSA) is 240 Å². The maximum absolute atomic E-state index is 12.8.